The number of aryl methyl sites for hydroxylation is 2. The van der Waals surface area contributed by atoms with Crippen molar-refractivity contribution >= 4 is 27.5 Å². The van der Waals surface area contributed by atoms with Crippen LogP contribution in [-0.2, 0) is 17.6 Å². The van der Waals surface area contributed by atoms with Crippen molar-refractivity contribution < 1.29 is 4.79 Å². The number of carbonyl (C=O) groups excluding carboxylic acids is 1. The number of rotatable bonds is 2. The van der Waals surface area contributed by atoms with Gasteiger partial charge in [0.05, 0.1) is 5.69 Å². The molecule has 0 fully saturated rings. The van der Waals surface area contributed by atoms with Crippen molar-refractivity contribution in [1.29, 1.82) is 0 Å². The summed E-state index contributed by atoms with van der Waals surface area (Å²) in [6, 6.07) is 7.66. The molecule has 1 atom stereocenters. The molecule has 1 heterocycles. The Hall–Kier alpha value is -1.62. The number of halogens is 1. The predicted molar refractivity (Wildman–Crippen MR) is 81.6 cm³/mol. The number of nitrogens with one attached hydrogen (secondary N) is 2. The van der Waals surface area contributed by atoms with Crippen molar-refractivity contribution in [3.8, 4) is 0 Å². The van der Waals surface area contributed by atoms with Crippen LogP contribution < -0.4 is 5.32 Å². The van der Waals surface area contributed by atoms with Crippen molar-refractivity contribution in [3.63, 3.8) is 0 Å². The van der Waals surface area contributed by atoms with Gasteiger partial charge in [0.1, 0.15) is 5.82 Å². The Morgan fingerprint density at radius 1 is 1.50 bits per heavy atom. The second kappa shape index (κ2) is 5.40. The van der Waals surface area contributed by atoms with Crippen LogP contribution in [-0.4, -0.2) is 15.9 Å². The molecule has 2 N–H and O–H groups in total. The minimum Gasteiger partial charge on any atom is -0.346 e. The van der Waals surface area contributed by atoms with Crippen molar-refractivity contribution in [2.75, 3.05) is 5.32 Å². The largest absolute Gasteiger partial charge is 0.346 e. The first-order valence-corrected chi connectivity index (χ1v) is 7.52. The van der Waals surface area contributed by atoms with Gasteiger partial charge in [0.2, 0.25) is 5.91 Å². The number of H-pyrrole nitrogens is 1. The fraction of sp³-hybridized carbons (Fsp3) is 0.333. The van der Waals surface area contributed by atoms with E-state index in [2.05, 4.69) is 31.2 Å². The molecule has 0 saturated heterocycles. The van der Waals surface area contributed by atoms with Crippen LogP contribution in [0, 0.1) is 12.8 Å². The van der Waals surface area contributed by atoms with Gasteiger partial charge < -0.3 is 10.3 Å². The summed E-state index contributed by atoms with van der Waals surface area (Å²) in [6.07, 6.45) is 2.48. The van der Waals surface area contributed by atoms with Gasteiger partial charge in [-0.05, 0) is 38.0 Å². The second-order valence-corrected chi connectivity index (χ2v) is 6.10. The van der Waals surface area contributed by atoms with Gasteiger partial charge in [-0.1, -0.05) is 22.0 Å². The molecule has 1 unspecified atom stereocenters. The topological polar surface area (TPSA) is 57.8 Å². The lowest BCUT2D eigenvalue weighted by Gasteiger charge is -2.20. The number of hydrogen-bond acceptors (Lipinski definition) is 2. The zero-order valence-electron chi connectivity index (χ0n) is 11.2. The Morgan fingerprint density at radius 3 is 3.15 bits per heavy atom. The fourth-order valence-corrected chi connectivity index (χ4v) is 3.06. The van der Waals surface area contributed by atoms with Crippen LogP contribution in [0.4, 0.5) is 5.69 Å². The highest BCUT2D eigenvalue weighted by Gasteiger charge is 2.26. The van der Waals surface area contributed by atoms with Crippen LogP contribution in [0.3, 0.4) is 0 Å². The normalized spacial score (nSPS) is 17.6. The molecule has 4 nitrogen and oxygen atoms in total. The number of aromatic amines is 1. The summed E-state index contributed by atoms with van der Waals surface area (Å²) in [6.45, 7) is 1.95. The number of aromatic nitrogens is 2. The number of benzene rings is 1. The van der Waals surface area contributed by atoms with Gasteiger partial charge in [-0.2, -0.15) is 0 Å². The number of carbonyl (C=O) groups is 1. The molecule has 104 valence electrons. The predicted octanol–water partition coefficient (Wildman–Crippen LogP) is 3.22. The van der Waals surface area contributed by atoms with E-state index in [1.54, 1.807) is 0 Å². The van der Waals surface area contributed by atoms with Gasteiger partial charge in [0.15, 0.2) is 0 Å². The Bertz CT molecular complexity index is 650. The Balaban J connectivity index is 1.70. The molecule has 1 aliphatic carbocycles. The summed E-state index contributed by atoms with van der Waals surface area (Å²) in [5.41, 5.74) is 3.06. The van der Waals surface area contributed by atoms with Crippen molar-refractivity contribution in [1.82, 2.24) is 9.97 Å². The molecule has 0 bridgehead atoms. The van der Waals surface area contributed by atoms with Crippen LogP contribution in [0.5, 0.6) is 0 Å². The highest BCUT2D eigenvalue weighted by molar-refractivity contribution is 9.10. The third-order valence-electron chi connectivity index (χ3n) is 3.63. The molecular formula is C15H16BrN3O. The first-order chi connectivity index (χ1) is 9.61. The summed E-state index contributed by atoms with van der Waals surface area (Å²) in [5, 5.41) is 2.99. The monoisotopic (exact) mass is 333 g/mol. The molecule has 5 heteroatoms. The molecule has 1 amide bonds. The molecule has 20 heavy (non-hydrogen) atoms. The van der Waals surface area contributed by atoms with E-state index in [0.29, 0.717) is 0 Å². The number of hydrogen-bond donors (Lipinski definition) is 2. The first kappa shape index (κ1) is 13.4. The summed E-state index contributed by atoms with van der Waals surface area (Å²) >= 11 is 3.41. The van der Waals surface area contributed by atoms with Crippen LogP contribution in [0.25, 0.3) is 0 Å². The number of anilines is 1. The van der Waals surface area contributed by atoms with Gasteiger partial charge in [0, 0.05) is 28.2 Å². The molecule has 0 saturated carbocycles. The average Bonchev–Trinajstić information content (AvgIpc) is 2.77. The van der Waals surface area contributed by atoms with Crippen molar-refractivity contribution in [3.05, 3.63) is 46.0 Å². The zero-order chi connectivity index (χ0) is 14.1. The highest BCUT2D eigenvalue weighted by Crippen LogP contribution is 2.25. The van der Waals surface area contributed by atoms with Crippen LogP contribution in [0.2, 0.25) is 0 Å². The maximum atomic E-state index is 12.3. The fourth-order valence-electron chi connectivity index (χ4n) is 2.66. The molecule has 0 radical (unpaired) electrons. The molecule has 3 rings (SSSR count). The third-order valence-corrected chi connectivity index (χ3v) is 4.12. The SMILES string of the molecule is Cc1nc2c([nH]1)CC(C(=O)Nc1cccc(Br)c1)CC2. The van der Waals surface area contributed by atoms with Crippen LogP contribution in [0.15, 0.2) is 28.7 Å². The molecule has 0 spiro atoms. The Morgan fingerprint density at radius 2 is 2.35 bits per heavy atom. The molecular weight excluding hydrogens is 318 g/mol. The minimum absolute atomic E-state index is 0.0151. The lowest BCUT2D eigenvalue weighted by atomic mass is 9.89. The van der Waals surface area contributed by atoms with E-state index in [1.165, 1.54) is 0 Å². The Kier molecular flexibility index (Phi) is 3.61. The lowest BCUT2D eigenvalue weighted by Crippen LogP contribution is -2.28. The van der Waals surface area contributed by atoms with E-state index in [0.717, 1.165) is 46.6 Å². The summed E-state index contributed by atoms with van der Waals surface area (Å²) in [7, 11) is 0. The third kappa shape index (κ3) is 2.77. The van der Waals surface area contributed by atoms with Gasteiger partial charge in [-0.15, -0.1) is 0 Å². The number of fused-ring (bicyclic) bond motifs is 1. The molecule has 1 aromatic heterocycles. The summed E-state index contributed by atoms with van der Waals surface area (Å²) in [4.78, 5) is 20.0. The zero-order valence-corrected chi connectivity index (χ0v) is 12.8. The second-order valence-electron chi connectivity index (χ2n) is 5.19. The van der Waals surface area contributed by atoms with Gasteiger partial charge in [0.25, 0.3) is 0 Å². The first-order valence-electron chi connectivity index (χ1n) is 6.72. The maximum absolute atomic E-state index is 12.3. The van der Waals surface area contributed by atoms with Crippen molar-refractivity contribution in [2.45, 2.75) is 26.2 Å². The van der Waals surface area contributed by atoms with Gasteiger partial charge >= 0.3 is 0 Å². The Labute approximate surface area is 126 Å². The minimum atomic E-state index is 0.0151. The molecule has 1 aromatic carbocycles. The van der Waals surface area contributed by atoms with E-state index < -0.39 is 0 Å². The standard InChI is InChI=1S/C15H16BrN3O/c1-9-17-13-6-5-10(7-14(13)18-9)15(20)19-12-4-2-3-11(16)8-12/h2-4,8,10H,5-7H2,1H3,(H,17,18)(H,19,20). The van der Waals surface area contributed by atoms with Gasteiger partial charge in [-0.3, -0.25) is 4.79 Å². The highest BCUT2D eigenvalue weighted by atomic mass is 79.9. The quantitative estimate of drug-likeness (QED) is 0.886. The summed E-state index contributed by atoms with van der Waals surface area (Å²) < 4.78 is 0.963. The molecule has 2 aromatic rings. The van der Waals surface area contributed by atoms with E-state index >= 15 is 0 Å². The van der Waals surface area contributed by atoms with Crippen LogP contribution >= 0.6 is 15.9 Å². The van der Waals surface area contributed by atoms with Crippen molar-refractivity contribution in [2.24, 2.45) is 5.92 Å². The number of nitrogens with zero attached hydrogens (tertiary/aromatic N) is 1. The van der Waals surface area contributed by atoms with E-state index in [-0.39, 0.29) is 11.8 Å². The van der Waals surface area contributed by atoms with E-state index in [4.69, 9.17) is 0 Å². The van der Waals surface area contributed by atoms with Crippen LogP contribution in [0.1, 0.15) is 23.6 Å². The van der Waals surface area contributed by atoms with E-state index in [9.17, 15) is 4.79 Å². The number of amides is 1. The lowest BCUT2D eigenvalue weighted by molar-refractivity contribution is -0.120. The molecule has 0 aliphatic heterocycles. The number of imidazole rings is 1. The maximum Gasteiger partial charge on any atom is 0.227 e. The smallest absolute Gasteiger partial charge is 0.227 e. The average molecular weight is 334 g/mol. The van der Waals surface area contributed by atoms with Gasteiger partial charge in [-0.25, -0.2) is 4.98 Å². The van der Waals surface area contributed by atoms with E-state index in [1.807, 2.05) is 31.2 Å². The summed E-state index contributed by atoms with van der Waals surface area (Å²) in [5.74, 6) is 1.03. The molecule has 1 aliphatic rings.